The van der Waals surface area contributed by atoms with Crippen molar-refractivity contribution < 1.29 is 26.4 Å². The van der Waals surface area contributed by atoms with Crippen molar-refractivity contribution in [3.8, 4) is 0 Å². The summed E-state index contributed by atoms with van der Waals surface area (Å²) in [6.45, 7) is 8.25. The third-order valence-electron chi connectivity index (χ3n) is 5.91. The lowest BCUT2D eigenvalue weighted by atomic mass is 10.1. The largest absolute Gasteiger partial charge is 0.422 e. The fourth-order valence-corrected chi connectivity index (χ4v) is 7.51. The van der Waals surface area contributed by atoms with E-state index in [4.69, 9.17) is 27.6 Å². The molecule has 1 unspecified atom stereocenters. The minimum atomic E-state index is -5.10. The van der Waals surface area contributed by atoms with Crippen LogP contribution in [0.3, 0.4) is 0 Å². The molecule has 0 aliphatic rings. The highest BCUT2D eigenvalue weighted by molar-refractivity contribution is 6.73. The van der Waals surface area contributed by atoms with Crippen molar-refractivity contribution in [3.05, 3.63) is 68.2 Å². The van der Waals surface area contributed by atoms with Gasteiger partial charge < -0.3 is 9.74 Å². The van der Waals surface area contributed by atoms with E-state index in [1.54, 1.807) is 12.1 Å². The van der Waals surface area contributed by atoms with E-state index in [9.17, 15) is 22.0 Å². The van der Waals surface area contributed by atoms with Gasteiger partial charge in [0.05, 0.1) is 6.10 Å². The fourth-order valence-electron chi connectivity index (χ4n) is 3.87. The topological polar surface area (TPSA) is 21.3 Å². The van der Waals surface area contributed by atoms with Gasteiger partial charge in [0.1, 0.15) is 17.2 Å². The number of hydrogen-bond donors (Lipinski definition) is 1. The zero-order valence-electron chi connectivity index (χ0n) is 19.0. The average molecular weight is 528 g/mol. The van der Waals surface area contributed by atoms with Crippen LogP contribution in [0.15, 0.2) is 24.3 Å². The van der Waals surface area contributed by atoms with Crippen LogP contribution in [-0.2, 0) is 17.1 Å². The average Bonchev–Trinajstić information content (AvgIpc) is 2.69. The highest BCUT2D eigenvalue weighted by Crippen LogP contribution is 2.38. The van der Waals surface area contributed by atoms with Gasteiger partial charge >= 0.3 is 6.18 Å². The van der Waals surface area contributed by atoms with Gasteiger partial charge in [-0.1, -0.05) is 44.0 Å². The first-order valence-electron chi connectivity index (χ1n) is 10.8. The lowest BCUT2D eigenvalue weighted by molar-refractivity contribution is -0.142. The van der Waals surface area contributed by atoms with Gasteiger partial charge in [-0.15, -0.1) is 0 Å². The van der Waals surface area contributed by atoms with E-state index in [1.807, 2.05) is 6.92 Å². The number of halogens is 7. The van der Waals surface area contributed by atoms with Crippen LogP contribution < -0.4 is 5.32 Å². The van der Waals surface area contributed by atoms with Crippen LogP contribution in [0.25, 0.3) is 0 Å². The lowest BCUT2D eigenvalue weighted by Gasteiger charge is -2.34. The molecule has 0 spiro atoms. The summed E-state index contributed by atoms with van der Waals surface area (Å²) in [7, 11) is -2.10. The monoisotopic (exact) mass is 527 g/mol. The van der Waals surface area contributed by atoms with E-state index in [1.165, 1.54) is 0 Å². The zero-order valence-corrected chi connectivity index (χ0v) is 21.5. The van der Waals surface area contributed by atoms with Gasteiger partial charge in [0.15, 0.2) is 8.32 Å². The number of nitrogens with one attached hydrogen (secondary N) is 1. The Kier molecular flexibility index (Phi) is 9.77. The summed E-state index contributed by atoms with van der Waals surface area (Å²) in [4.78, 5) is 0. The maximum Gasteiger partial charge on any atom is 0.422 e. The predicted molar refractivity (Wildman–Crippen MR) is 125 cm³/mol. The third-order valence-corrected chi connectivity index (χ3v) is 11.2. The third kappa shape index (κ3) is 6.91. The van der Waals surface area contributed by atoms with Crippen LogP contribution in [0.1, 0.15) is 49.1 Å². The van der Waals surface area contributed by atoms with Crippen LogP contribution in [0.5, 0.6) is 0 Å². The van der Waals surface area contributed by atoms with E-state index in [0.29, 0.717) is 27.7 Å². The molecule has 0 bridgehead atoms. The molecule has 0 saturated heterocycles. The van der Waals surface area contributed by atoms with Crippen LogP contribution in [0.4, 0.5) is 22.0 Å². The van der Waals surface area contributed by atoms with E-state index < -0.39 is 37.8 Å². The lowest BCUT2D eigenvalue weighted by Crippen LogP contribution is -2.40. The molecular formula is C23H28Cl2F5NOSi. The minimum Gasteiger partial charge on any atom is -0.409 e. The van der Waals surface area contributed by atoms with Crippen molar-refractivity contribution >= 4 is 31.5 Å². The Morgan fingerprint density at radius 2 is 1.42 bits per heavy atom. The zero-order chi connectivity index (χ0) is 25.0. The maximum atomic E-state index is 13.9. The van der Waals surface area contributed by atoms with Crippen molar-refractivity contribution in [1.29, 1.82) is 0 Å². The summed E-state index contributed by atoms with van der Waals surface area (Å²) in [5.41, 5.74) is -0.340. The van der Waals surface area contributed by atoms with Crippen LogP contribution in [-0.4, -0.2) is 14.9 Å². The predicted octanol–water partition coefficient (Wildman–Crippen LogP) is 8.45. The first-order chi connectivity index (χ1) is 15.4. The smallest absolute Gasteiger partial charge is 0.409 e. The molecule has 33 heavy (non-hydrogen) atoms. The Bertz CT molecular complexity index is 912. The summed E-state index contributed by atoms with van der Waals surface area (Å²) < 4.78 is 72.9. The van der Waals surface area contributed by atoms with E-state index in [-0.39, 0.29) is 18.7 Å². The fraction of sp³-hybridized carbons (Fsp3) is 0.478. The molecule has 0 saturated carbocycles. The second-order valence-corrected chi connectivity index (χ2v) is 13.6. The normalized spacial score (nSPS) is 13.4. The van der Waals surface area contributed by atoms with Crippen molar-refractivity contribution in [2.75, 3.05) is 6.54 Å². The molecule has 0 aromatic heterocycles. The molecule has 0 radical (unpaired) electrons. The molecule has 0 aliphatic carbocycles. The molecule has 0 aliphatic heterocycles. The molecule has 0 amide bonds. The molecule has 0 fully saturated rings. The van der Waals surface area contributed by atoms with Gasteiger partial charge in [0.25, 0.3) is 0 Å². The Morgan fingerprint density at radius 1 is 0.939 bits per heavy atom. The van der Waals surface area contributed by atoms with Crippen LogP contribution >= 0.6 is 23.2 Å². The number of alkyl halides is 3. The van der Waals surface area contributed by atoms with E-state index >= 15 is 0 Å². The van der Waals surface area contributed by atoms with Crippen molar-refractivity contribution in [2.24, 2.45) is 0 Å². The molecule has 1 N–H and O–H groups in total. The first kappa shape index (κ1) is 28.0. The van der Waals surface area contributed by atoms with Gasteiger partial charge in [-0.2, -0.15) is 13.2 Å². The van der Waals surface area contributed by atoms with Gasteiger partial charge in [-0.25, -0.2) is 8.78 Å². The second-order valence-electron chi connectivity index (χ2n) is 8.06. The van der Waals surface area contributed by atoms with Crippen LogP contribution in [0.2, 0.25) is 28.2 Å². The Labute approximate surface area is 202 Å². The number of rotatable bonds is 10. The molecule has 1 atom stereocenters. The maximum absolute atomic E-state index is 13.9. The van der Waals surface area contributed by atoms with Crippen molar-refractivity contribution in [3.63, 3.8) is 0 Å². The second kappa shape index (κ2) is 11.5. The van der Waals surface area contributed by atoms with Gasteiger partial charge in [0.2, 0.25) is 0 Å². The standard InChI is InChI=1S/C23H28Cl2F5NOSi/c1-5-33(6-2,7-3)32-20(21-16(24)8-14(4)9-17(21)25)13-31-12-15-10-18(26)22(19(27)11-15)23(28,29)30/h8-11,20,31H,5-7,12-13H2,1-4H3. The Hall–Kier alpha value is -1.19. The summed E-state index contributed by atoms with van der Waals surface area (Å²) >= 11 is 13.0. The van der Waals surface area contributed by atoms with Gasteiger partial charge in [-0.05, 0) is 60.4 Å². The molecule has 2 aromatic carbocycles. The van der Waals surface area contributed by atoms with E-state index in [0.717, 1.165) is 23.7 Å². The number of benzene rings is 2. The summed E-state index contributed by atoms with van der Waals surface area (Å²) in [6, 6.07) is 7.58. The Balaban J connectivity index is 2.30. The molecule has 184 valence electrons. The van der Waals surface area contributed by atoms with Gasteiger partial charge in [-0.3, -0.25) is 0 Å². The molecule has 10 heteroatoms. The van der Waals surface area contributed by atoms with Crippen LogP contribution in [0, 0.1) is 18.6 Å². The summed E-state index contributed by atoms with van der Waals surface area (Å²) in [6.07, 6.45) is -5.63. The SMILES string of the molecule is CC[Si](CC)(CC)OC(CNCc1cc(F)c(C(F)(F)F)c(F)c1)c1c(Cl)cc(C)cc1Cl. The number of hydrogen-bond acceptors (Lipinski definition) is 2. The molecule has 2 rings (SSSR count). The van der Waals surface area contributed by atoms with E-state index in [2.05, 4.69) is 26.1 Å². The van der Waals surface area contributed by atoms with Crippen molar-refractivity contribution in [2.45, 2.75) is 64.7 Å². The molecule has 0 heterocycles. The first-order valence-corrected chi connectivity index (χ1v) is 14.0. The highest BCUT2D eigenvalue weighted by Gasteiger charge is 2.38. The molecule has 2 nitrogen and oxygen atoms in total. The quantitative estimate of drug-likeness (QED) is 0.247. The molecular weight excluding hydrogens is 500 g/mol. The summed E-state index contributed by atoms with van der Waals surface area (Å²) in [5.74, 6) is -3.29. The van der Waals surface area contributed by atoms with Crippen molar-refractivity contribution in [1.82, 2.24) is 5.32 Å². The summed E-state index contributed by atoms with van der Waals surface area (Å²) in [5, 5.41) is 3.94. The Morgan fingerprint density at radius 3 is 1.85 bits per heavy atom. The highest BCUT2D eigenvalue weighted by atomic mass is 35.5. The molecule has 2 aromatic rings. The number of aryl methyl sites for hydroxylation is 1. The minimum absolute atomic E-state index is 0.0443. The van der Waals surface area contributed by atoms with Gasteiger partial charge in [0, 0.05) is 28.7 Å².